The van der Waals surface area contributed by atoms with Gasteiger partial charge in [0.15, 0.2) is 17.2 Å². The van der Waals surface area contributed by atoms with E-state index in [-0.39, 0.29) is 0 Å². The van der Waals surface area contributed by atoms with Crippen LogP contribution in [0, 0.1) is 5.92 Å². The molecule has 0 heterocycles. The van der Waals surface area contributed by atoms with Gasteiger partial charge >= 0.3 is 0 Å². The summed E-state index contributed by atoms with van der Waals surface area (Å²) in [6.45, 7) is -1.53. The van der Waals surface area contributed by atoms with Crippen LogP contribution in [0.25, 0.3) is 0 Å². The van der Waals surface area contributed by atoms with Crippen molar-refractivity contribution in [2.75, 3.05) is 13.2 Å². The molecule has 0 saturated carbocycles. The molecule has 5 nitrogen and oxygen atoms in total. The van der Waals surface area contributed by atoms with Crippen LogP contribution >= 0.6 is 0 Å². The molecular weight excluding hydrogens is 176 g/mol. The Balaban J connectivity index is 3.09. The lowest BCUT2D eigenvalue weighted by Gasteiger charge is -2.31. The molecule has 3 N–H and O–H groups in total. The second-order valence-electron chi connectivity index (χ2n) is 2.92. The molecule has 5 heteroatoms. The lowest BCUT2D eigenvalue weighted by Crippen LogP contribution is -2.54. The van der Waals surface area contributed by atoms with E-state index in [9.17, 15) is 14.7 Å². The molecule has 2 atom stereocenters. The van der Waals surface area contributed by atoms with Crippen LogP contribution in [0.2, 0.25) is 0 Å². The second kappa shape index (κ2) is 3.37. The Morgan fingerprint density at radius 2 is 1.92 bits per heavy atom. The van der Waals surface area contributed by atoms with Crippen molar-refractivity contribution in [2.24, 2.45) is 5.92 Å². The van der Waals surface area contributed by atoms with E-state index >= 15 is 0 Å². The minimum Gasteiger partial charge on any atom is -0.395 e. The van der Waals surface area contributed by atoms with Crippen LogP contribution in [0.15, 0.2) is 12.2 Å². The number of carbonyl (C=O) groups is 2. The third kappa shape index (κ3) is 1.41. The number of rotatable bonds is 2. The first kappa shape index (κ1) is 10.0. The molecule has 0 spiro atoms. The smallest absolute Gasteiger partial charge is 0.190 e. The number of hydrogen-bond donors (Lipinski definition) is 3. The van der Waals surface area contributed by atoms with Crippen LogP contribution in [0.1, 0.15) is 0 Å². The average Bonchev–Trinajstić information content (AvgIpc) is 2.13. The standard InChI is InChI=1S/C8H10O5/c9-3-5-6(11)1-2-7(12)8(5,13)4-10/h1-2,5,9-10,13H,3-4H2. The molecule has 0 aromatic rings. The van der Waals surface area contributed by atoms with E-state index in [0.717, 1.165) is 12.2 Å². The molecule has 0 saturated heterocycles. The van der Waals surface area contributed by atoms with Gasteiger partial charge in [-0.2, -0.15) is 0 Å². The molecular formula is C8H10O5. The quantitative estimate of drug-likeness (QED) is 0.465. The molecule has 0 bridgehead atoms. The Labute approximate surface area is 74.3 Å². The molecule has 0 amide bonds. The van der Waals surface area contributed by atoms with Crippen molar-refractivity contribution in [2.45, 2.75) is 5.60 Å². The SMILES string of the molecule is O=C1C=CC(=O)C(O)(CO)C1CO. The first-order valence-electron chi connectivity index (χ1n) is 3.76. The van der Waals surface area contributed by atoms with Gasteiger partial charge in [-0.05, 0) is 12.2 Å². The van der Waals surface area contributed by atoms with E-state index in [1.54, 1.807) is 0 Å². The number of ketones is 2. The molecule has 0 aromatic heterocycles. The second-order valence-corrected chi connectivity index (χ2v) is 2.92. The van der Waals surface area contributed by atoms with E-state index in [1.807, 2.05) is 0 Å². The van der Waals surface area contributed by atoms with Crippen molar-refractivity contribution >= 4 is 11.6 Å². The predicted octanol–water partition coefficient (Wildman–Crippen LogP) is -1.97. The third-order valence-corrected chi connectivity index (χ3v) is 2.17. The molecule has 0 fully saturated rings. The number of carbonyl (C=O) groups excluding carboxylic acids is 2. The highest BCUT2D eigenvalue weighted by Gasteiger charge is 2.47. The highest BCUT2D eigenvalue weighted by Crippen LogP contribution is 2.24. The van der Waals surface area contributed by atoms with E-state index in [1.165, 1.54) is 0 Å². The molecule has 0 radical (unpaired) electrons. The lowest BCUT2D eigenvalue weighted by atomic mass is 9.78. The highest BCUT2D eigenvalue weighted by molar-refractivity contribution is 6.10. The van der Waals surface area contributed by atoms with Crippen molar-refractivity contribution in [1.82, 2.24) is 0 Å². The van der Waals surface area contributed by atoms with Crippen molar-refractivity contribution in [3.05, 3.63) is 12.2 Å². The molecule has 0 aliphatic heterocycles. The van der Waals surface area contributed by atoms with Crippen LogP contribution < -0.4 is 0 Å². The van der Waals surface area contributed by atoms with Crippen LogP contribution in [-0.2, 0) is 9.59 Å². The molecule has 1 aliphatic carbocycles. The summed E-state index contributed by atoms with van der Waals surface area (Å²) in [4.78, 5) is 22.2. The maximum absolute atomic E-state index is 11.1. The van der Waals surface area contributed by atoms with Gasteiger partial charge in [0.05, 0.1) is 19.1 Å². The first-order chi connectivity index (χ1) is 6.06. The van der Waals surface area contributed by atoms with E-state index in [2.05, 4.69) is 0 Å². The summed E-state index contributed by atoms with van der Waals surface area (Å²) in [5, 5.41) is 27.1. The van der Waals surface area contributed by atoms with E-state index < -0.39 is 36.3 Å². The molecule has 13 heavy (non-hydrogen) atoms. The normalized spacial score (nSPS) is 33.9. The third-order valence-electron chi connectivity index (χ3n) is 2.17. The summed E-state index contributed by atoms with van der Waals surface area (Å²) >= 11 is 0. The summed E-state index contributed by atoms with van der Waals surface area (Å²) in [7, 11) is 0. The monoisotopic (exact) mass is 186 g/mol. The largest absolute Gasteiger partial charge is 0.395 e. The zero-order valence-corrected chi connectivity index (χ0v) is 6.80. The molecule has 1 rings (SSSR count). The Kier molecular flexibility index (Phi) is 2.60. The minimum atomic E-state index is -2.15. The van der Waals surface area contributed by atoms with Crippen LogP contribution in [0.3, 0.4) is 0 Å². The van der Waals surface area contributed by atoms with Gasteiger partial charge in [0.1, 0.15) is 0 Å². The Hall–Kier alpha value is -1.04. The van der Waals surface area contributed by atoms with Gasteiger partial charge in [0.25, 0.3) is 0 Å². The van der Waals surface area contributed by atoms with Gasteiger partial charge in [-0.1, -0.05) is 0 Å². The summed E-state index contributed by atoms with van der Waals surface area (Å²) in [5.41, 5.74) is -2.15. The minimum absolute atomic E-state index is 0.557. The lowest BCUT2D eigenvalue weighted by molar-refractivity contribution is -0.154. The molecule has 0 aromatic carbocycles. The van der Waals surface area contributed by atoms with Crippen LogP contribution in [-0.4, -0.2) is 45.7 Å². The molecule has 2 unspecified atom stereocenters. The molecule has 1 aliphatic rings. The van der Waals surface area contributed by atoms with Crippen molar-refractivity contribution in [1.29, 1.82) is 0 Å². The summed E-state index contributed by atoms with van der Waals surface area (Å²) in [6, 6.07) is 0. The van der Waals surface area contributed by atoms with Crippen LogP contribution in [0.5, 0.6) is 0 Å². The van der Waals surface area contributed by atoms with Gasteiger partial charge in [-0.15, -0.1) is 0 Å². The van der Waals surface area contributed by atoms with Crippen molar-refractivity contribution in [3.8, 4) is 0 Å². The summed E-state index contributed by atoms with van der Waals surface area (Å²) in [5.74, 6) is -2.57. The first-order valence-corrected chi connectivity index (χ1v) is 3.76. The Morgan fingerprint density at radius 1 is 1.31 bits per heavy atom. The van der Waals surface area contributed by atoms with Crippen LogP contribution in [0.4, 0.5) is 0 Å². The maximum atomic E-state index is 11.1. The van der Waals surface area contributed by atoms with Gasteiger partial charge in [0, 0.05) is 0 Å². The predicted molar refractivity (Wildman–Crippen MR) is 41.8 cm³/mol. The fourth-order valence-electron chi connectivity index (χ4n) is 1.25. The van der Waals surface area contributed by atoms with E-state index in [0.29, 0.717) is 0 Å². The zero-order chi connectivity index (χ0) is 10.1. The van der Waals surface area contributed by atoms with Gasteiger partial charge < -0.3 is 15.3 Å². The van der Waals surface area contributed by atoms with Gasteiger partial charge in [0.2, 0.25) is 0 Å². The number of aliphatic hydroxyl groups excluding tert-OH is 2. The highest BCUT2D eigenvalue weighted by atomic mass is 16.3. The van der Waals surface area contributed by atoms with Gasteiger partial charge in [-0.25, -0.2) is 0 Å². The maximum Gasteiger partial charge on any atom is 0.190 e. The average molecular weight is 186 g/mol. The molecule has 72 valence electrons. The van der Waals surface area contributed by atoms with Crippen molar-refractivity contribution < 1.29 is 24.9 Å². The van der Waals surface area contributed by atoms with Crippen molar-refractivity contribution in [3.63, 3.8) is 0 Å². The number of aliphatic hydroxyl groups is 3. The topological polar surface area (TPSA) is 94.8 Å². The Bertz CT molecular complexity index is 270. The fourth-order valence-corrected chi connectivity index (χ4v) is 1.25. The van der Waals surface area contributed by atoms with Gasteiger partial charge in [-0.3, -0.25) is 9.59 Å². The Morgan fingerprint density at radius 3 is 2.31 bits per heavy atom. The number of hydrogen-bond acceptors (Lipinski definition) is 5. The zero-order valence-electron chi connectivity index (χ0n) is 6.80. The summed E-state index contributed by atoms with van der Waals surface area (Å²) in [6.07, 6.45) is 1.90. The number of allylic oxidation sites excluding steroid dienone is 1. The van der Waals surface area contributed by atoms with E-state index in [4.69, 9.17) is 10.2 Å². The summed E-state index contributed by atoms with van der Waals surface area (Å²) < 4.78 is 0. The fraction of sp³-hybridized carbons (Fsp3) is 0.500.